The van der Waals surface area contributed by atoms with Crippen LogP contribution in [0.1, 0.15) is 39.3 Å². The van der Waals surface area contributed by atoms with E-state index in [9.17, 15) is 9.59 Å². The van der Waals surface area contributed by atoms with Crippen LogP contribution in [0.3, 0.4) is 0 Å². The number of carbonyl (C=O) groups excluding carboxylic acids is 2. The Morgan fingerprint density at radius 2 is 1.93 bits per heavy atom. The van der Waals surface area contributed by atoms with Crippen LogP contribution in [0, 0.1) is 13.8 Å². The molecule has 29 heavy (non-hydrogen) atoms. The second kappa shape index (κ2) is 8.08. The summed E-state index contributed by atoms with van der Waals surface area (Å²) >= 11 is 6.17. The number of aromatic nitrogens is 6. The second-order valence-corrected chi connectivity index (χ2v) is 7.12. The maximum absolute atomic E-state index is 12.7. The van der Waals surface area contributed by atoms with Crippen molar-refractivity contribution in [1.29, 1.82) is 0 Å². The number of rotatable bonds is 6. The lowest BCUT2D eigenvalue weighted by Crippen LogP contribution is -2.26. The molecule has 0 fully saturated rings. The topological polar surface area (TPSA) is 103 Å². The molecule has 0 aliphatic carbocycles. The number of nitrogens with one attached hydrogen (secondary N) is 1. The largest absolute Gasteiger partial charge is 0.343 e. The molecule has 0 atom stereocenters. The quantitative estimate of drug-likeness (QED) is 0.659. The summed E-state index contributed by atoms with van der Waals surface area (Å²) < 4.78 is 4.85. The van der Waals surface area contributed by atoms with E-state index < -0.39 is 5.91 Å². The van der Waals surface area contributed by atoms with Crippen molar-refractivity contribution in [3.8, 4) is 0 Å². The van der Waals surface area contributed by atoms with Gasteiger partial charge in [-0.25, -0.2) is 4.68 Å². The van der Waals surface area contributed by atoms with E-state index in [4.69, 9.17) is 11.6 Å². The minimum atomic E-state index is -0.432. The monoisotopic (exact) mass is 418 g/mol. The third-order valence-corrected chi connectivity index (χ3v) is 4.99. The Morgan fingerprint density at radius 1 is 1.21 bits per heavy atom. The van der Waals surface area contributed by atoms with Crippen LogP contribution in [-0.2, 0) is 13.2 Å². The van der Waals surface area contributed by atoms with Crippen molar-refractivity contribution in [1.82, 2.24) is 34.2 Å². The van der Waals surface area contributed by atoms with Crippen molar-refractivity contribution in [3.05, 3.63) is 46.3 Å². The average Bonchev–Trinajstić information content (AvgIpc) is 3.37. The molecule has 0 aromatic carbocycles. The molecular formula is C18H23ClN8O2. The molecule has 0 aliphatic rings. The summed E-state index contributed by atoms with van der Waals surface area (Å²) in [6, 6.07) is 1.60. The molecule has 0 radical (unpaired) electrons. The van der Waals surface area contributed by atoms with Gasteiger partial charge in [-0.1, -0.05) is 11.6 Å². The fourth-order valence-electron chi connectivity index (χ4n) is 2.85. The lowest BCUT2D eigenvalue weighted by atomic mass is 10.3. The molecule has 10 nitrogen and oxygen atoms in total. The van der Waals surface area contributed by atoms with E-state index in [1.807, 2.05) is 20.8 Å². The highest BCUT2D eigenvalue weighted by molar-refractivity contribution is 6.31. The van der Waals surface area contributed by atoms with Crippen molar-refractivity contribution in [2.24, 2.45) is 0 Å². The van der Waals surface area contributed by atoms with Crippen LogP contribution in [0.2, 0.25) is 5.02 Å². The lowest BCUT2D eigenvalue weighted by Gasteiger charge is -2.13. The highest BCUT2D eigenvalue weighted by Gasteiger charge is 2.22. The molecule has 11 heteroatoms. The van der Waals surface area contributed by atoms with Gasteiger partial charge in [-0.15, -0.1) is 0 Å². The predicted molar refractivity (Wildman–Crippen MR) is 108 cm³/mol. The molecule has 3 aromatic heterocycles. The minimum Gasteiger partial charge on any atom is -0.343 e. The molecule has 3 rings (SSSR count). The Balaban J connectivity index is 1.78. The fraction of sp³-hybridized carbons (Fsp3) is 0.389. The zero-order valence-electron chi connectivity index (χ0n) is 17.0. The van der Waals surface area contributed by atoms with Gasteiger partial charge in [0.15, 0.2) is 5.69 Å². The van der Waals surface area contributed by atoms with Gasteiger partial charge in [0.25, 0.3) is 11.8 Å². The first-order valence-corrected chi connectivity index (χ1v) is 9.42. The Hall–Kier alpha value is -3.14. The Labute approximate surface area is 173 Å². The van der Waals surface area contributed by atoms with Gasteiger partial charge in [0.1, 0.15) is 12.4 Å². The van der Waals surface area contributed by atoms with E-state index in [1.54, 1.807) is 40.4 Å². The summed E-state index contributed by atoms with van der Waals surface area (Å²) in [4.78, 5) is 26.6. The summed E-state index contributed by atoms with van der Waals surface area (Å²) in [5.41, 5.74) is 2.44. The Kier molecular flexibility index (Phi) is 5.73. The SMILES string of the molecule is CCn1ncc(NC(=O)c2ccn(Cn3nc(C)c(Cl)c3C)n2)c1C(=O)N(C)C. The maximum atomic E-state index is 12.7. The van der Waals surface area contributed by atoms with Crippen molar-refractivity contribution in [3.63, 3.8) is 0 Å². The van der Waals surface area contributed by atoms with E-state index in [0.29, 0.717) is 29.6 Å². The highest BCUT2D eigenvalue weighted by atomic mass is 35.5. The lowest BCUT2D eigenvalue weighted by molar-refractivity contribution is 0.0816. The fourth-order valence-corrected chi connectivity index (χ4v) is 2.99. The van der Waals surface area contributed by atoms with E-state index >= 15 is 0 Å². The first-order valence-electron chi connectivity index (χ1n) is 9.04. The van der Waals surface area contributed by atoms with Gasteiger partial charge in [-0.05, 0) is 26.8 Å². The molecule has 2 amide bonds. The summed E-state index contributed by atoms with van der Waals surface area (Å²) in [7, 11) is 3.29. The van der Waals surface area contributed by atoms with Crippen LogP contribution in [0.15, 0.2) is 18.5 Å². The molecule has 1 N–H and O–H groups in total. The summed E-state index contributed by atoms with van der Waals surface area (Å²) in [5, 5.41) is 16.2. The summed E-state index contributed by atoms with van der Waals surface area (Å²) in [5.74, 6) is -0.676. The Bertz CT molecular complexity index is 1060. The third kappa shape index (κ3) is 4.02. The molecule has 0 bridgehead atoms. The van der Waals surface area contributed by atoms with Gasteiger partial charge >= 0.3 is 0 Å². The number of amides is 2. The van der Waals surface area contributed by atoms with Gasteiger partial charge in [0.05, 0.1) is 28.3 Å². The van der Waals surface area contributed by atoms with Crippen LogP contribution < -0.4 is 5.32 Å². The molecule has 3 aromatic rings. The number of nitrogens with zero attached hydrogens (tertiary/aromatic N) is 7. The normalized spacial score (nSPS) is 11.0. The van der Waals surface area contributed by atoms with Crippen LogP contribution in [0.4, 0.5) is 5.69 Å². The number of aryl methyl sites for hydroxylation is 2. The van der Waals surface area contributed by atoms with Crippen LogP contribution in [-0.4, -0.2) is 60.2 Å². The maximum Gasteiger partial charge on any atom is 0.276 e. The number of hydrogen-bond donors (Lipinski definition) is 1. The smallest absolute Gasteiger partial charge is 0.276 e. The zero-order valence-corrected chi connectivity index (χ0v) is 17.7. The van der Waals surface area contributed by atoms with Gasteiger partial charge < -0.3 is 10.2 Å². The van der Waals surface area contributed by atoms with Crippen LogP contribution in [0.25, 0.3) is 0 Å². The first-order chi connectivity index (χ1) is 13.7. The van der Waals surface area contributed by atoms with Gasteiger partial charge in [-0.2, -0.15) is 15.3 Å². The van der Waals surface area contributed by atoms with Crippen molar-refractivity contribution in [2.45, 2.75) is 34.0 Å². The molecule has 0 spiro atoms. The van der Waals surface area contributed by atoms with E-state index in [2.05, 4.69) is 20.6 Å². The van der Waals surface area contributed by atoms with Crippen LogP contribution in [0.5, 0.6) is 0 Å². The molecule has 0 saturated heterocycles. The number of carbonyl (C=O) groups is 2. The van der Waals surface area contributed by atoms with Gasteiger partial charge in [0.2, 0.25) is 0 Å². The highest BCUT2D eigenvalue weighted by Crippen LogP contribution is 2.19. The summed E-state index contributed by atoms with van der Waals surface area (Å²) in [6.07, 6.45) is 3.15. The van der Waals surface area contributed by atoms with Gasteiger partial charge in [-0.3, -0.25) is 19.0 Å². The van der Waals surface area contributed by atoms with Crippen LogP contribution >= 0.6 is 11.6 Å². The van der Waals surface area contributed by atoms with Crippen molar-refractivity contribution >= 4 is 29.1 Å². The van der Waals surface area contributed by atoms with E-state index in [-0.39, 0.29) is 11.6 Å². The molecule has 0 unspecified atom stereocenters. The standard InChI is InChI=1S/C18H23ClN8O2/c1-6-26-16(18(29)24(4)5)14(9-20-26)21-17(28)13-7-8-25(23-13)10-27-12(3)15(19)11(2)22-27/h7-9H,6,10H2,1-5H3,(H,21,28). The summed E-state index contributed by atoms with van der Waals surface area (Å²) in [6.45, 7) is 6.40. The minimum absolute atomic E-state index is 0.213. The second-order valence-electron chi connectivity index (χ2n) is 6.74. The molecule has 154 valence electrons. The average molecular weight is 419 g/mol. The molecule has 0 aliphatic heterocycles. The van der Waals surface area contributed by atoms with E-state index in [0.717, 1.165) is 11.4 Å². The van der Waals surface area contributed by atoms with E-state index in [1.165, 1.54) is 11.1 Å². The van der Waals surface area contributed by atoms with Crippen molar-refractivity contribution < 1.29 is 9.59 Å². The zero-order chi connectivity index (χ0) is 21.3. The van der Waals surface area contributed by atoms with Crippen molar-refractivity contribution in [2.75, 3.05) is 19.4 Å². The number of anilines is 1. The molecular weight excluding hydrogens is 396 g/mol. The Morgan fingerprint density at radius 3 is 2.52 bits per heavy atom. The number of hydrogen-bond acceptors (Lipinski definition) is 5. The molecule has 0 saturated carbocycles. The third-order valence-electron chi connectivity index (χ3n) is 4.44. The van der Waals surface area contributed by atoms with Gasteiger partial charge in [0, 0.05) is 26.8 Å². The predicted octanol–water partition coefficient (Wildman–Crippen LogP) is 2.03. The molecule has 3 heterocycles. The number of halogens is 1. The first kappa shape index (κ1) is 20.6.